The van der Waals surface area contributed by atoms with Gasteiger partial charge in [0, 0.05) is 12.1 Å². The van der Waals surface area contributed by atoms with Crippen LogP contribution in [0.15, 0.2) is 47.3 Å². The van der Waals surface area contributed by atoms with E-state index in [1.807, 2.05) is 18.2 Å². The Bertz CT molecular complexity index is 737. The van der Waals surface area contributed by atoms with Crippen LogP contribution in [-0.4, -0.2) is 29.9 Å². The number of ether oxygens (including phenoxy) is 1. The van der Waals surface area contributed by atoms with Crippen LogP contribution in [0.4, 0.5) is 0 Å². The monoisotopic (exact) mass is 297 g/mol. The van der Waals surface area contributed by atoms with E-state index in [1.54, 1.807) is 17.0 Å². The van der Waals surface area contributed by atoms with E-state index in [-0.39, 0.29) is 11.9 Å². The Morgan fingerprint density at radius 3 is 2.91 bits per heavy atom. The van der Waals surface area contributed by atoms with E-state index < -0.39 is 5.60 Å². The Balaban J connectivity index is 1.67. The van der Waals surface area contributed by atoms with Crippen molar-refractivity contribution in [3.8, 4) is 0 Å². The maximum Gasteiger partial charge on any atom is 0.339 e. The summed E-state index contributed by atoms with van der Waals surface area (Å²) in [6.07, 6.45) is 4.46. The molecule has 112 valence electrons. The molecule has 1 fully saturated rings. The highest BCUT2D eigenvalue weighted by Gasteiger charge is 2.48. The highest BCUT2D eigenvalue weighted by atomic mass is 16.6. The average molecular weight is 297 g/mol. The summed E-state index contributed by atoms with van der Waals surface area (Å²) in [5.41, 5.74) is 1.32. The molecule has 0 N–H and O–H groups in total. The minimum atomic E-state index is -0.703. The first-order valence-electron chi connectivity index (χ1n) is 7.34. The van der Waals surface area contributed by atoms with Crippen molar-refractivity contribution in [3.05, 3.63) is 59.5 Å². The Labute approximate surface area is 127 Å². The molecule has 1 saturated heterocycles. The first kappa shape index (κ1) is 13.1. The molecule has 1 spiro atoms. The van der Waals surface area contributed by atoms with Crippen LogP contribution in [0.3, 0.4) is 0 Å². The van der Waals surface area contributed by atoms with Gasteiger partial charge in [-0.3, -0.25) is 4.79 Å². The molecule has 0 aliphatic carbocycles. The predicted molar refractivity (Wildman–Crippen MR) is 77.4 cm³/mol. The number of carbonyl (C=O) groups is 2. The second-order valence-corrected chi connectivity index (χ2v) is 5.77. The molecule has 1 amide bonds. The van der Waals surface area contributed by atoms with Crippen LogP contribution in [0.5, 0.6) is 0 Å². The molecule has 1 atom stereocenters. The van der Waals surface area contributed by atoms with Gasteiger partial charge in [-0.2, -0.15) is 0 Å². The molecular weight excluding hydrogens is 282 g/mol. The lowest BCUT2D eigenvalue weighted by atomic mass is 9.85. The zero-order valence-electron chi connectivity index (χ0n) is 12.0. The quantitative estimate of drug-likeness (QED) is 0.759. The van der Waals surface area contributed by atoms with E-state index in [0.29, 0.717) is 24.2 Å². The summed E-state index contributed by atoms with van der Waals surface area (Å²) in [6.45, 7) is 1.05. The fourth-order valence-electron chi connectivity index (χ4n) is 3.41. The van der Waals surface area contributed by atoms with Crippen molar-refractivity contribution in [1.82, 2.24) is 4.90 Å². The molecule has 3 heterocycles. The number of amides is 1. The standard InChI is InChI=1S/C17H15NO4/c19-15(12-6-9-21-10-12)18-8-3-7-17(11-18)14-5-2-1-4-13(14)16(20)22-17/h1-2,4-6,9-10H,3,7-8,11H2. The number of benzene rings is 1. The maximum atomic E-state index is 12.5. The molecular formula is C17H15NO4. The summed E-state index contributed by atoms with van der Waals surface area (Å²) in [5.74, 6) is -0.388. The molecule has 2 aromatic rings. The molecule has 0 radical (unpaired) electrons. The van der Waals surface area contributed by atoms with Gasteiger partial charge in [0.25, 0.3) is 5.91 Å². The number of esters is 1. The maximum absolute atomic E-state index is 12.5. The SMILES string of the molecule is O=C1OC2(CCCN(C(=O)c3ccoc3)C2)c2ccccc21. The fourth-order valence-corrected chi connectivity index (χ4v) is 3.41. The zero-order valence-corrected chi connectivity index (χ0v) is 12.0. The molecule has 22 heavy (non-hydrogen) atoms. The van der Waals surface area contributed by atoms with E-state index in [9.17, 15) is 9.59 Å². The van der Waals surface area contributed by atoms with E-state index in [0.717, 1.165) is 18.4 Å². The van der Waals surface area contributed by atoms with Gasteiger partial charge in [0.2, 0.25) is 0 Å². The summed E-state index contributed by atoms with van der Waals surface area (Å²) in [4.78, 5) is 26.4. The summed E-state index contributed by atoms with van der Waals surface area (Å²) < 4.78 is 10.7. The van der Waals surface area contributed by atoms with Gasteiger partial charge in [-0.15, -0.1) is 0 Å². The molecule has 1 aromatic heterocycles. The highest BCUT2D eigenvalue weighted by molar-refractivity contribution is 5.96. The second kappa shape index (κ2) is 4.73. The lowest BCUT2D eigenvalue weighted by Crippen LogP contribution is -2.48. The molecule has 5 nitrogen and oxygen atoms in total. The number of piperidine rings is 1. The number of fused-ring (bicyclic) bond motifs is 2. The molecule has 1 aromatic carbocycles. The van der Waals surface area contributed by atoms with Crippen molar-refractivity contribution in [2.24, 2.45) is 0 Å². The minimum absolute atomic E-state index is 0.0896. The lowest BCUT2D eigenvalue weighted by molar-refractivity contribution is -0.0442. The molecule has 0 bridgehead atoms. The van der Waals surface area contributed by atoms with Crippen LogP contribution in [0.2, 0.25) is 0 Å². The third-order valence-electron chi connectivity index (χ3n) is 4.44. The number of hydrogen-bond acceptors (Lipinski definition) is 4. The number of nitrogens with zero attached hydrogens (tertiary/aromatic N) is 1. The van der Waals surface area contributed by atoms with Crippen LogP contribution in [-0.2, 0) is 10.3 Å². The zero-order chi connectivity index (χ0) is 15.2. The summed E-state index contributed by atoms with van der Waals surface area (Å²) in [6, 6.07) is 9.09. The van der Waals surface area contributed by atoms with E-state index in [1.165, 1.54) is 12.5 Å². The first-order chi connectivity index (χ1) is 10.7. The van der Waals surface area contributed by atoms with E-state index in [2.05, 4.69) is 0 Å². The Morgan fingerprint density at radius 2 is 2.09 bits per heavy atom. The van der Waals surface area contributed by atoms with Crippen LogP contribution in [0.25, 0.3) is 0 Å². The second-order valence-electron chi connectivity index (χ2n) is 5.77. The van der Waals surface area contributed by atoms with Gasteiger partial charge in [-0.1, -0.05) is 18.2 Å². The smallest absolute Gasteiger partial charge is 0.339 e. The van der Waals surface area contributed by atoms with Gasteiger partial charge in [0.05, 0.1) is 23.9 Å². The van der Waals surface area contributed by atoms with Crippen molar-refractivity contribution < 1.29 is 18.7 Å². The van der Waals surface area contributed by atoms with Gasteiger partial charge in [0.1, 0.15) is 6.26 Å². The summed E-state index contributed by atoms with van der Waals surface area (Å²) >= 11 is 0. The number of furan rings is 1. The molecule has 4 rings (SSSR count). The molecule has 2 aliphatic heterocycles. The van der Waals surface area contributed by atoms with Crippen LogP contribution in [0.1, 0.15) is 39.1 Å². The number of rotatable bonds is 1. The number of hydrogen-bond donors (Lipinski definition) is 0. The Hall–Kier alpha value is -2.56. The Kier molecular flexibility index (Phi) is 2.82. The summed E-state index contributed by atoms with van der Waals surface area (Å²) in [5, 5.41) is 0. The van der Waals surface area contributed by atoms with Crippen molar-refractivity contribution in [2.75, 3.05) is 13.1 Å². The lowest BCUT2D eigenvalue weighted by Gasteiger charge is -2.39. The predicted octanol–water partition coefficient (Wildman–Crippen LogP) is 2.58. The third-order valence-corrected chi connectivity index (χ3v) is 4.44. The van der Waals surface area contributed by atoms with Crippen LogP contribution >= 0.6 is 0 Å². The third kappa shape index (κ3) is 1.85. The van der Waals surface area contributed by atoms with Gasteiger partial charge in [0.15, 0.2) is 5.60 Å². The first-order valence-corrected chi connectivity index (χ1v) is 7.34. The highest BCUT2D eigenvalue weighted by Crippen LogP contribution is 2.42. The number of carbonyl (C=O) groups excluding carboxylic acids is 2. The van der Waals surface area contributed by atoms with Gasteiger partial charge in [-0.05, 0) is 25.0 Å². The largest absolute Gasteiger partial charge is 0.472 e. The normalized spacial score (nSPS) is 23.5. The number of likely N-dealkylation sites (tertiary alicyclic amines) is 1. The summed E-state index contributed by atoms with van der Waals surface area (Å²) in [7, 11) is 0. The molecule has 1 unspecified atom stereocenters. The fraction of sp³-hybridized carbons (Fsp3) is 0.294. The molecule has 5 heteroatoms. The Morgan fingerprint density at radius 1 is 1.23 bits per heavy atom. The van der Waals surface area contributed by atoms with Gasteiger partial charge in [-0.25, -0.2) is 4.79 Å². The van der Waals surface area contributed by atoms with Crippen molar-refractivity contribution in [2.45, 2.75) is 18.4 Å². The van der Waals surface area contributed by atoms with Crippen molar-refractivity contribution in [3.63, 3.8) is 0 Å². The molecule has 0 saturated carbocycles. The van der Waals surface area contributed by atoms with Crippen molar-refractivity contribution >= 4 is 11.9 Å². The van der Waals surface area contributed by atoms with Crippen LogP contribution < -0.4 is 0 Å². The van der Waals surface area contributed by atoms with Gasteiger partial charge >= 0.3 is 5.97 Å². The van der Waals surface area contributed by atoms with Gasteiger partial charge < -0.3 is 14.1 Å². The van der Waals surface area contributed by atoms with E-state index >= 15 is 0 Å². The van der Waals surface area contributed by atoms with Crippen molar-refractivity contribution in [1.29, 1.82) is 0 Å². The minimum Gasteiger partial charge on any atom is -0.472 e. The van der Waals surface area contributed by atoms with Crippen LogP contribution in [0, 0.1) is 0 Å². The molecule has 2 aliphatic rings. The topological polar surface area (TPSA) is 59.8 Å². The van der Waals surface area contributed by atoms with E-state index in [4.69, 9.17) is 9.15 Å². The average Bonchev–Trinajstić information content (AvgIpc) is 3.16.